The molecule has 0 spiro atoms. The Morgan fingerprint density at radius 1 is 1.62 bits per heavy atom. The zero-order chi connectivity index (χ0) is 11.7. The molecule has 2 rings (SSSR count). The number of nitro groups is 1. The number of aromatic nitrogens is 2. The molecular formula is C9H15N5O2. The quantitative estimate of drug-likeness (QED) is 0.563. The zero-order valence-electron chi connectivity index (χ0n) is 9.17. The predicted octanol–water partition coefficient (Wildman–Crippen LogP) is -0.257. The van der Waals surface area contributed by atoms with Crippen molar-refractivity contribution in [3.8, 4) is 0 Å². The van der Waals surface area contributed by atoms with Gasteiger partial charge in [-0.15, -0.1) is 0 Å². The van der Waals surface area contributed by atoms with E-state index < -0.39 is 4.92 Å². The predicted molar refractivity (Wildman–Crippen MR) is 58.0 cm³/mol. The fourth-order valence-electron chi connectivity index (χ4n) is 1.91. The molecule has 1 aromatic rings. The van der Waals surface area contributed by atoms with E-state index in [9.17, 15) is 10.1 Å². The molecule has 0 bridgehead atoms. The molecule has 0 aliphatic carbocycles. The molecule has 0 atom stereocenters. The highest BCUT2D eigenvalue weighted by Gasteiger charge is 2.24. The minimum atomic E-state index is -0.401. The van der Waals surface area contributed by atoms with Gasteiger partial charge in [-0.25, -0.2) is 9.55 Å². The highest BCUT2D eigenvalue weighted by atomic mass is 16.6. The van der Waals surface area contributed by atoms with Gasteiger partial charge in [-0.1, -0.05) is 0 Å². The van der Waals surface area contributed by atoms with E-state index in [1.165, 1.54) is 6.20 Å². The third kappa shape index (κ3) is 2.05. The topological polar surface area (TPSA) is 90.2 Å². The van der Waals surface area contributed by atoms with E-state index >= 15 is 0 Å². The summed E-state index contributed by atoms with van der Waals surface area (Å²) in [6.45, 7) is 4.90. The van der Waals surface area contributed by atoms with E-state index in [0.29, 0.717) is 12.4 Å². The van der Waals surface area contributed by atoms with Crippen LogP contribution in [0, 0.1) is 17.0 Å². The highest BCUT2D eigenvalue weighted by Crippen LogP contribution is 2.14. The van der Waals surface area contributed by atoms with E-state index in [1.807, 2.05) is 0 Å². The third-order valence-electron chi connectivity index (χ3n) is 2.85. The lowest BCUT2D eigenvalue weighted by Gasteiger charge is -2.36. The molecule has 7 nitrogen and oxygen atoms in total. The van der Waals surface area contributed by atoms with Crippen LogP contribution in [0.5, 0.6) is 0 Å². The van der Waals surface area contributed by atoms with Crippen molar-refractivity contribution in [2.24, 2.45) is 5.73 Å². The SMILES string of the molecule is Cc1ncc([N+](=O)[O-])n1CCN1CC(N)C1. The number of rotatable bonds is 4. The average molecular weight is 225 g/mol. The number of hydrogen-bond acceptors (Lipinski definition) is 5. The van der Waals surface area contributed by atoms with Crippen molar-refractivity contribution in [2.75, 3.05) is 19.6 Å². The van der Waals surface area contributed by atoms with E-state index in [2.05, 4.69) is 9.88 Å². The molecule has 88 valence electrons. The largest absolute Gasteiger partial charge is 0.358 e. The lowest BCUT2D eigenvalue weighted by Crippen LogP contribution is -2.56. The lowest BCUT2D eigenvalue weighted by molar-refractivity contribution is -0.392. The number of nitrogens with two attached hydrogens (primary N) is 1. The third-order valence-corrected chi connectivity index (χ3v) is 2.85. The molecule has 0 amide bonds. The summed E-state index contributed by atoms with van der Waals surface area (Å²) in [5.74, 6) is 0.735. The molecule has 1 fully saturated rings. The summed E-state index contributed by atoms with van der Waals surface area (Å²) < 4.78 is 1.63. The molecule has 1 saturated heterocycles. The molecule has 0 saturated carbocycles. The van der Waals surface area contributed by atoms with Crippen LogP contribution < -0.4 is 5.73 Å². The van der Waals surface area contributed by atoms with Crippen LogP contribution in [0.3, 0.4) is 0 Å². The van der Waals surface area contributed by atoms with Gasteiger partial charge in [-0.2, -0.15) is 0 Å². The van der Waals surface area contributed by atoms with Gasteiger partial charge < -0.3 is 15.8 Å². The summed E-state index contributed by atoms with van der Waals surface area (Å²) in [5, 5.41) is 10.7. The maximum Gasteiger partial charge on any atom is 0.342 e. The van der Waals surface area contributed by atoms with Gasteiger partial charge in [0, 0.05) is 32.6 Å². The second-order valence-corrected chi connectivity index (χ2v) is 4.09. The van der Waals surface area contributed by atoms with Crippen LogP contribution in [-0.2, 0) is 6.54 Å². The van der Waals surface area contributed by atoms with Crippen LogP contribution >= 0.6 is 0 Å². The van der Waals surface area contributed by atoms with Gasteiger partial charge in [0.15, 0.2) is 5.82 Å². The summed E-state index contributed by atoms with van der Waals surface area (Å²) in [7, 11) is 0. The second kappa shape index (κ2) is 4.18. The number of hydrogen-bond donors (Lipinski definition) is 1. The number of nitrogens with zero attached hydrogens (tertiary/aromatic N) is 4. The van der Waals surface area contributed by atoms with E-state index in [0.717, 1.165) is 19.6 Å². The minimum Gasteiger partial charge on any atom is -0.358 e. The lowest BCUT2D eigenvalue weighted by atomic mass is 10.1. The number of likely N-dealkylation sites (tertiary alicyclic amines) is 1. The average Bonchev–Trinajstić information content (AvgIpc) is 2.53. The molecule has 1 aliphatic rings. The fourth-order valence-corrected chi connectivity index (χ4v) is 1.91. The Morgan fingerprint density at radius 2 is 2.31 bits per heavy atom. The Bertz CT molecular complexity index is 397. The van der Waals surface area contributed by atoms with E-state index in [4.69, 9.17) is 5.73 Å². The molecule has 1 aliphatic heterocycles. The van der Waals surface area contributed by atoms with Gasteiger partial charge in [-0.3, -0.25) is 4.90 Å². The summed E-state index contributed by atoms with van der Waals surface area (Å²) in [5.41, 5.74) is 5.66. The Kier molecular flexibility index (Phi) is 2.88. The van der Waals surface area contributed by atoms with Crippen LogP contribution in [-0.4, -0.2) is 45.1 Å². The summed E-state index contributed by atoms with van der Waals surface area (Å²) in [6.07, 6.45) is 1.30. The maximum atomic E-state index is 10.7. The Morgan fingerprint density at radius 3 is 2.88 bits per heavy atom. The molecule has 0 radical (unpaired) electrons. The van der Waals surface area contributed by atoms with Crippen LogP contribution in [0.1, 0.15) is 5.82 Å². The van der Waals surface area contributed by atoms with Gasteiger partial charge in [0.2, 0.25) is 0 Å². The van der Waals surface area contributed by atoms with Crippen LogP contribution in [0.2, 0.25) is 0 Å². The first-order valence-electron chi connectivity index (χ1n) is 5.22. The first-order chi connectivity index (χ1) is 7.58. The van der Waals surface area contributed by atoms with Gasteiger partial charge in [0.25, 0.3) is 0 Å². The Hall–Kier alpha value is -1.47. The standard InChI is InChI=1S/C9H15N5O2/c1-7-11-4-9(14(15)16)13(7)3-2-12-5-8(10)6-12/h4,8H,2-3,5-6,10H2,1H3. The molecule has 16 heavy (non-hydrogen) atoms. The van der Waals surface area contributed by atoms with E-state index in [-0.39, 0.29) is 11.9 Å². The number of aryl methyl sites for hydroxylation is 1. The van der Waals surface area contributed by atoms with Crippen LogP contribution in [0.25, 0.3) is 0 Å². The maximum absolute atomic E-state index is 10.7. The molecule has 1 aromatic heterocycles. The van der Waals surface area contributed by atoms with Gasteiger partial charge in [0.1, 0.15) is 12.7 Å². The summed E-state index contributed by atoms with van der Waals surface area (Å²) >= 11 is 0. The summed E-state index contributed by atoms with van der Waals surface area (Å²) in [6, 6.07) is 0.263. The monoisotopic (exact) mass is 225 g/mol. The first kappa shape index (κ1) is 11.0. The van der Waals surface area contributed by atoms with Crippen LogP contribution in [0.15, 0.2) is 6.20 Å². The molecule has 2 heterocycles. The smallest absolute Gasteiger partial charge is 0.342 e. The van der Waals surface area contributed by atoms with Gasteiger partial charge in [0.05, 0.1) is 0 Å². The van der Waals surface area contributed by atoms with Crippen molar-refractivity contribution < 1.29 is 4.92 Å². The molecule has 7 heteroatoms. The Labute approximate surface area is 93.0 Å². The molecule has 2 N–H and O–H groups in total. The van der Waals surface area contributed by atoms with Crippen molar-refractivity contribution >= 4 is 5.82 Å². The minimum absolute atomic E-state index is 0.0577. The first-order valence-corrected chi connectivity index (χ1v) is 5.22. The fraction of sp³-hybridized carbons (Fsp3) is 0.667. The van der Waals surface area contributed by atoms with Crippen LogP contribution in [0.4, 0.5) is 5.82 Å². The van der Waals surface area contributed by atoms with Gasteiger partial charge in [-0.05, 0) is 4.92 Å². The molecule has 0 unspecified atom stereocenters. The zero-order valence-corrected chi connectivity index (χ0v) is 9.17. The van der Waals surface area contributed by atoms with Crippen molar-refractivity contribution in [1.82, 2.24) is 14.5 Å². The van der Waals surface area contributed by atoms with Crippen molar-refractivity contribution in [2.45, 2.75) is 19.5 Å². The summed E-state index contributed by atoms with van der Waals surface area (Å²) in [4.78, 5) is 16.5. The van der Waals surface area contributed by atoms with E-state index in [1.54, 1.807) is 11.5 Å². The van der Waals surface area contributed by atoms with Crippen molar-refractivity contribution in [3.63, 3.8) is 0 Å². The molecular weight excluding hydrogens is 210 g/mol. The highest BCUT2D eigenvalue weighted by molar-refractivity contribution is 5.18. The van der Waals surface area contributed by atoms with Crippen molar-refractivity contribution in [3.05, 3.63) is 22.1 Å². The van der Waals surface area contributed by atoms with Crippen molar-refractivity contribution in [1.29, 1.82) is 0 Å². The normalized spacial score (nSPS) is 17.4. The van der Waals surface area contributed by atoms with Gasteiger partial charge >= 0.3 is 5.82 Å². The molecule has 0 aromatic carbocycles. The Balaban J connectivity index is 1.97. The number of imidazole rings is 1. The second-order valence-electron chi connectivity index (χ2n) is 4.09.